The molecule has 1 aliphatic carbocycles. The molecule has 1 aromatic carbocycles. The van der Waals surface area contributed by atoms with Gasteiger partial charge in [0.25, 0.3) is 0 Å². The van der Waals surface area contributed by atoms with E-state index in [9.17, 15) is 4.39 Å². The molecular formula is C13H15BrClF. The molecule has 0 amide bonds. The topological polar surface area (TPSA) is 0 Å². The van der Waals surface area contributed by atoms with Gasteiger partial charge in [-0.25, -0.2) is 4.39 Å². The van der Waals surface area contributed by atoms with Gasteiger partial charge in [-0.2, -0.15) is 0 Å². The second kappa shape index (κ2) is 4.66. The second-order valence-electron chi connectivity index (χ2n) is 5.06. The molecule has 0 saturated heterocycles. The average molecular weight is 306 g/mol. The molecule has 16 heavy (non-hydrogen) atoms. The molecule has 0 nitrogen and oxygen atoms in total. The zero-order valence-electron chi connectivity index (χ0n) is 9.27. The molecule has 0 aliphatic heterocycles. The molecule has 0 aromatic heterocycles. The number of benzene rings is 1. The lowest BCUT2D eigenvalue weighted by molar-refractivity contribution is 0.330. The number of halogens is 3. The zero-order valence-corrected chi connectivity index (χ0v) is 11.6. The van der Waals surface area contributed by atoms with Crippen molar-refractivity contribution in [1.29, 1.82) is 0 Å². The summed E-state index contributed by atoms with van der Waals surface area (Å²) >= 11 is 9.51. The van der Waals surface area contributed by atoms with Crippen LogP contribution < -0.4 is 0 Å². The van der Waals surface area contributed by atoms with Gasteiger partial charge >= 0.3 is 0 Å². The van der Waals surface area contributed by atoms with Crippen molar-refractivity contribution in [2.75, 3.05) is 0 Å². The van der Waals surface area contributed by atoms with Crippen LogP contribution in [-0.4, -0.2) is 5.38 Å². The van der Waals surface area contributed by atoms with Crippen LogP contribution in [0, 0.1) is 11.2 Å². The van der Waals surface area contributed by atoms with Crippen molar-refractivity contribution < 1.29 is 4.39 Å². The van der Waals surface area contributed by atoms with E-state index in [1.165, 1.54) is 6.07 Å². The van der Waals surface area contributed by atoms with E-state index in [4.69, 9.17) is 11.6 Å². The Morgan fingerprint density at radius 2 is 2.31 bits per heavy atom. The standard InChI is InChI=1S/C13H15BrClF/c1-13(5-4-11(15)8-13)7-9-6-10(14)2-3-12(9)16/h2-3,6,11H,4-5,7-8H2,1H3. The summed E-state index contributed by atoms with van der Waals surface area (Å²) in [7, 11) is 0. The minimum atomic E-state index is -0.109. The van der Waals surface area contributed by atoms with Crippen LogP contribution >= 0.6 is 27.5 Å². The van der Waals surface area contributed by atoms with Gasteiger partial charge in [0.05, 0.1) is 0 Å². The summed E-state index contributed by atoms with van der Waals surface area (Å²) in [5.41, 5.74) is 0.955. The smallest absolute Gasteiger partial charge is 0.126 e. The Kier molecular flexibility index (Phi) is 3.60. The highest BCUT2D eigenvalue weighted by Gasteiger charge is 2.34. The number of alkyl halides is 1. The fraction of sp³-hybridized carbons (Fsp3) is 0.538. The summed E-state index contributed by atoms with van der Waals surface area (Å²) in [5, 5.41) is 0.264. The van der Waals surface area contributed by atoms with E-state index in [0.29, 0.717) is 0 Å². The molecule has 0 N–H and O–H groups in total. The van der Waals surface area contributed by atoms with Gasteiger partial charge in [-0.05, 0) is 54.9 Å². The largest absolute Gasteiger partial charge is 0.207 e. The van der Waals surface area contributed by atoms with Crippen molar-refractivity contribution in [3.63, 3.8) is 0 Å². The molecule has 1 saturated carbocycles. The monoisotopic (exact) mass is 304 g/mol. The van der Waals surface area contributed by atoms with E-state index >= 15 is 0 Å². The van der Waals surface area contributed by atoms with Gasteiger partial charge in [-0.3, -0.25) is 0 Å². The molecule has 2 unspecified atom stereocenters. The van der Waals surface area contributed by atoms with E-state index in [1.54, 1.807) is 6.07 Å². The average Bonchev–Trinajstić information content (AvgIpc) is 2.52. The lowest BCUT2D eigenvalue weighted by Crippen LogP contribution is -2.16. The summed E-state index contributed by atoms with van der Waals surface area (Å²) < 4.78 is 14.6. The molecule has 88 valence electrons. The SMILES string of the molecule is CC1(Cc2cc(Br)ccc2F)CCC(Cl)C1. The van der Waals surface area contributed by atoms with Gasteiger partial charge < -0.3 is 0 Å². The minimum absolute atomic E-state index is 0.109. The van der Waals surface area contributed by atoms with Crippen molar-refractivity contribution in [1.82, 2.24) is 0 Å². The van der Waals surface area contributed by atoms with E-state index in [0.717, 1.165) is 35.7 Å². The van der Waals surface area contributed by atoms with Crippen LogP contribution in [0.1, 0.15) is 31.7 Å². The highest BCUT2D eigenvalue weighted by Crippen LogP contribution is 2.43. The molecule has 2 rings (SSSR count). The van der Waals surface area contributed by atoms with Crippen molar-refractivity contribution in [2.45, 2.75) is 38.0 Å². The van der Waals surface area contributed by atoms with Crippen molar-refractivity contribution >= 4 is 27.5 Å². The van der Waals surface area contributed by atoms with Gasteiger partial charge in [0.15, 0.2) is 0 Å². The van der Waals surface area contributed by atoms with Crippen LogP contribution in [0.3, 0.4) is 0 Å². The fourth-order valence-corrected chi connectivity index (χ4v) is 3.43. The normalized spacial score (nSPS) is 29.6. The molecule has 3 heteroatoms. The van der Waals surface area contributed by atoms with Gasteiger partial charge in [0, 0.05) is 9.85 Å². The predicted molar refractivity (Wildman–Crippen MR) is 69.4 cm³/mol. The van der Waals surface area contributed by atoms with Crippen LogP contribution in [0.15, 0.2) is 22.7 Å². The van der Waals surface area contributed by atoms with Crippen molar-refractivity contribution in [2.24, 2.45) is 5.41 Å². The summed E-state index contributed by atoms with van der Waals surface area (Å²) in [6.07, 6.45) is 3.91. The third-order valence-electron chi connectivity index (χ3n) is 3.40. The predicted octanol–water partition coefficient (Wildman–Crippen LogP) is 4.93. The van der Waals surface area contributed by atoms with Crippen LogP contribution in [0.2, 0.25) is 0 Å². The van der Waals surface area contributed by atoms with Gasteiger partial charge in [0.1, 0.15) is 5.82 Å². The lowest BCUT2D eigenvalue weighted by atomic mass is 9.82. The van der Waals surface area contributed by atoms with Crippen LogP contribution in [0.5, 0.6) is 0 Å². The summed E-state index contributed by atoms with van der Waals surface area (Å²) in [6.45, 7) is 2.20. The second-order valence-corrected chi connectivity index (χ2v) is 6.60. The highest BCUT2D eigenvalue weighted by molar-refractivity contribution is 9.10. The Morgan fingerprint density at radius 3 is 2.94 bits per heavy atom. The summed E-state index contributed by atoms with van der Waals surface area (Å²) in [5.74, 6) is -0.109. The van der Waals surface area contributed by atoms with Gasteiger partial charge in [0.2, 0.25) is 0 Å². The summed E-state index contributed by atoms with van der Waals surface area (Å²) in [6, 6.07) is 5.14. The molecule has 0 radical (unpaired) electrons. The first-order chi connectivity index (χ1) is 7.48. The number of hydrogen-bond donors (Lipinski definition) is 0. The van der Waals surface area contributed by atoms with E-state index < -0.39 is 0 Å². The minimum Gasteiger partial charge on any atom is -0.207 e. The zero-order chi connectivity index (χ0) is 11.8. The molecule has 1 aliphatic rings. The lowest BCUT2D eigenvalue weighted by Gasteiger charge is -2.24. The maximum absolute atomic E-state index is 13.6. The Balaban J connectivity index is 2.17. The highest BCUT2D eigenvalue weighted by atomic mass is 79.9. The third kappa shape index (κ3) is 2.78. The van der Waals surface area contributed by atoms with E-state index in [-0.39, 0.29) is 16.6 Å². The third-order valence-corrected chi connectivity index (χ3v) is 4.27. The first-order valence-electron chi connectivity index (χ1n) is 5.56. The number of hydrogen-bond acceptors (Lipinski definition) is 0. The van der Waals surface area contributed by atoms with Gasteiger partial charge in [-0.15, -0.1) is 11.6 Å². The van der Waals surface area contributed by atoms with Crippen molar-refractivity contribution in [3.8, 4) is 0 Å². The van der Waals surface area contributed by atoms with Crippen LogP contribution in [0.25, 0.3) is 0 Å². The fourth-order valence-electron chi connectivity index (χ4n) is 2.54. The molecule has 2 atom stereocenters. The van der Waals surface area contributed by atoms with E-state index in [1.807, 2.05) is 6.07 Å². The molecule has 0 spiro atoms. The Hall–Kier alpha value is -0.0800. The molecular weight excluding hydrogens is 290 g/mol. The number of rotatable bonds is 2. The Bertz CT molecular complexity index is 394. The quantitative estimate of drug-likeness (QED) is 0.680. The maximum Gasteiger partial charge on any atom is 0.126 e. The first-order valence-corrected chi connectivity index (χ1v) is 6.79. The molecule has 1 aromatic rings. The molecule has 1 fully saturated rings. The van der Waals surface area contributed by atoms with Crippen LogP contribution in [0.4, 0.5) is 4.39 Å². The maximum atomic E-state index is 13.6. The van der Waals surface area contributed by atoms with Crippen molar-refractivity contribution in [3.05, 3.63) is 34.1 Å². The van der Waals surface area contributed by atoms with E-state index in [2.05, 4.69) is 22.9 Å². The Morgan fingerprint density at radius 1 is 1.56 bits per heavy atom. The Labute approximate surface area is 109 Å². The van der Waals surface area contributed by atoms with Crippen LogP contribution in [-0.2, 0) is 6.42 Å². The first kappa shape index (κ1) is 12.4. The molecule has 0 heterocycles. The molecule has 0 bridgehead atoms. The summed E-state index contributed by atoms with van der Waals surface area (Å²) in [4.78, 5) is 0. The van der Waals surface area contributed by atoms with Gasteiger partial charge in [-0.1, -0.05) is 22.9 Å².